The summed E-state index contributed by atoms with van der Waals surface area (Å²) in [5, 5.41) is 0. The number of hydrogen-bond donors (Lipinski definition) is 0. The van der Waals surface area contributed by atoms with Gasteiger partial charge in [-0.05, 0) is 38.1 Å². The molecule has 0 N–H and O–H groups in total. The van der Waals surface area contributed by atoms with Gasteiger partial charge >= 0.3 is 0 Å². The highest BCUT2D eigenvalue weighted by atomic mass is 15.3. The summed E-state index contributed by atoms with van der Waals surface area (Å²) in [5.74, 6) is 1.06. The number of nitrogens with zero attached hydrogens (tertiary/aromatic N) is 2. The molecule has 0 radical (unpaired) electrons. The Hall–Kier alpha value is -0.0800. The Morgan fingerprint density at radius 1 is 0.929 bits per heavy atom. The molecule has 1 atom stereocenters. The molecule has 14 heavy (non-hydrogen) atoms. The van der Waals surface area contributed by atoms with E-state index in [0.717, 1.165) is 12.0 Å². The van der Waals surface area contributed by atoms with E-state index in [1.165, 1.54) is 64.8 Å². The van der Waals surface area contributed by atoms with E-state index in [-0.39, 0.29) is 0 Å². The van der Waals surface area contributed by atoms with Gasteiger partial charge in [0, 0.05) is 32.2 Å². The molecule has 2 aliphatic heterocycles. The Morgan fingerprint density at radius 3 is 2.64 bits per heavy atom. The van der Waals surface area contributed by atoms with E-state index < -0.39 is 0 Å². The van der Waals surface area contributed by atoms with Crippen LogP contribution in [0, 0.1) is 5.92 Å². The number of piperazine rings is 1. The van der Waals surface area contributed by atoms with Crippen molar-refractivity contribution >= 4 is 0 Å². The lowest BCUT2D eigenvalue weighted by Gasteiger charge is -2.40. The third-order valence-electron chi connectivity index (χ3n) is 4.41. The number of hydrogen-bond acceptors (Lipinski definition) is 2. The standard InChI is InChI=1S/C12H22N2/c1-3-11(4-1)9-13-7-8-14-6-2-5-12(14)10-13/h11-12H,1-10H2. The van der Waals surface area contributed by atoms with Crippen molar-refractivity contribution in [2.75, 3.05) is 32.7 Å². The minimum atomic E-state index is 0.920. The van der Waals surface area contributed by atoms with Crippen molar-refractivity contribution in [2.24, 2.45) is 5.92 Å². The monoisotopic (exact) mass is 194 g/mol. The van der Waals surface area contributed by atoms with Gasteiger partial charge in [0.05, 0.1) is 0 Å². The van der Waals surface area contributed by atoms with Crippen molar-refractivity contribution in [3.63, 3.8) is 0 Å². The Morgan fingerprint density at radius 2 is 1.86 bits per heavy atom. The van der Waals surface area contributed by atoms with Gasteiger partial charge in [0.1, 0.15) is 0 Å². The van der Waals surface area contributed by atoms with Crippen LogP contribution in [0.2, 0.25) is 0 Å². The second-order valence-corrected chi connectivity index (χ2v) is 5.39. The molecule has 3 fully saturated rings. The highest BCUT2D eigenvalue weighted by Gasteiger charge is 2.31. The second-order valence-electron chi connectivity index (χ2n) is 5.39. The van der Waals surface area contributed by atoms with Gasteiger partial charge in [-0.3, -0.25) is 4.90 Å². The van der Waals surface area contributed by atoms with Gasteiger partial charge in [0.2, 0.25) is 0 Å². The van der Waals surface area contributed by atoms with Crippen molar-refractivity contribution in [2.45, 2.75) is 38.1 Å². The topological polar surface area (TPSA) is 6.48 Å². The van der Waals surface area contributed by atoms with Gasteiger partial charge in [-0.15, -0.1) is 0 Å². The molecule has 2 heteroatoms. The van der Waals surface area contributed by atoms with Crippen LogP contribution >= 0.6 is 0 Å². The zero-order valence-electron chi connectivity index (χ0n) is 9.12. The predicted molar refractivity (Wildman–Crippen MR) is 58.4 cm³/mol. The Kier molecular flexibility index (Phi) is 2.50. The SMILES string of the molecule is C1CC(CN2CCN3CCCC3C2)C1. The van der Waals surface area contributed by atoms with Gasteiger partial charge in [-0.25, -0.2) is 0 Å². The molecule has 0 amide bonds. The molecule has 3 rings (SSSR count). The first-order valence-electron chi connectivity index (χ1n) is 6.38. The third-order valence-corrected chi connectivity index (χ3v) is 4.41. The molecule has 1 saturated carbocycles. The lowest BCUT2D eigenvalue weighted by atomic mass is 9.85. The zero-order chi connectivity index (χ0) is 9.38. The summed E-state index contributed by atoms with van der Waals surface area (Å²) in [6.45, 7) is 6.84. The van der Waals surface area contributed by atoms with Crippen LogP contribution in [-0.2, 0) is 0 Å². The molecule has 2 saturated heterocycles. The predicted octanol–water partition coefficient (Wildman–Crippen LogP) is 1.57. The maximum atomic E-state index is 2.73. The maximum absolute atomic E-state index is 2.73. The van der Waals surface area contributed by atoms with Crippen LogP contribution in [0.15, 0.2) is 0 Å². The molecule has 0 aromatic rings. The quantitative estimate of drug-likeness (QED) is 0.658. The molecule has 80 valence electrons. The van der Waals surface area contributed by atoms with Gasteiger partial charge in [0.25, 0.3) is 0 Å². The summed E-state index contributed by atoms with van der Waals surface area (Å²) in [6, 6.07) is 0.920. The molecule has 0 bridgehead atoms. The molecular weight excluding hydrogens is 172 g/mol. The van der Waals surface area contributed by atoms with Crippen LogP contribution in [0.5, 0.6) is 0 Å². The van der Waals surface area contributed by atoms with Crippen LogP contribution < -0.4 is 0 Å². The third kappa shape index (κ3) is 1.70. The summed E-state index contributed by atoms with van der Waals surface area (Å²) in [6.07, 6.45) is 7.41. The molecule has 2 nitrogen and oxygen atoms in total. The molecule has 2 heterocycles. The molecule has 3 aliphatic rings. The van der Waals surface area contributed by atoms with Crippen molar-refractivity contribution in [1.29, 1.82) is 0 Å². The fourth-order valence-corrected chi connectivity index (χ4v) is 3.26. The van der Waals surface area contributed by atoms with E-state index >= 15 is 0 Å². The maximum Gasteiger partial charge on any atom is 0.0224 e. The molecule has 0 aromatic heterocycles. The molecule has 0 aromatic carbocycles. The van der Waals surface area contributed by atoms with Crippen LogP contribution in [-0.4, -0.2) is 48.6 Å². The van der Waals surface area contributed by atoms with Crippen molar-refractivity contribution in [1.82, 2.24) is 9.80 Å². The van der Waals surface area contributed by atoms with Crippen LogP contribution in [0.25, 0.3) is 0 Å². The Labute approximate surface area is 87.3 Å². The van der Waals surface area contributed by atoms with E-state index in [9.17, 15) is 0 Å². The second kappa shape index (κ2) is 3.82. The highest BCUT2D eigenvalue weighted by molar-refractivity contribution is 4.88. The number of rotatable bonds is 2. The fraction of sp³-hybridized carbons (Fsp3) is 1.00. The smallest absolute Gasteiger partial charge is 0.0224 e. The fourth-order valence-electron chi connectivity index (χ4n) is 3.26. The average molecular weight is 194 g/mol. The summed E-state index contributed by atoms with van der Waals surface area (Å²) in [5.41, 5.74) is 0. The van der Waals surface area contributed by atoms with E-state index in [4.69, 9.17) is 0 Å². The zero-order valence-corrected chi connectivity index (χ0v) is 9.12. The molecule has 1 unspecified atom stereocenters. The number of fused-ring (bicyclic) bond motifs is 1. The van der Waals surface area contributed by atoms with Crippen LogP contribution in [0.1, 0.15) is 32.1 Å². The summed E-state index contributed by atoms with van der Waals surface area (Å²) in [7, 11) is 0. The lowest BCUT2D eigenvalue weighted by Crippen LogP contribution is -2.51. The van der Waals surface area contributed by atoms with Crippen LogP contribution in [0.3, 0.4) is 0 Å². The molecule has 0 spiro atoms. The lowest BCUT2D eigenvalue weighted by molar-refractivity contribution is 0.0782. The first-order chi connectivity index (χ1) is 6.92. The Balaban J connectivity index is 1.51. The first kappa shape index (κ1) is 9.17. The van der Waals surface area contributed by atoms with E-state index in [1.54, 1.807) is 0 Å². The van der Waals surface area contributed by atoms with Crippen LogP contribution in [0.4, 0.5) is 0 Å². The van der Waals surface area contributed by atoms with Crippen molar-refractivity contribution < 1.29 is 0 Å². The van der Waals surface area contributed by atoms with Gasteiger partial charge in [0.15, 0.2) is 0 Å². The molecular formula is C12H22N2. The minimum Gasteiger partial charge on any atom is -0.300 e. The highest BCUT2D eigenvalue weighted by Crippen LogP contribution is 2.29. The summed E-state index contributed by atoms with van der Waals surface area (Å²) in [4.78, 5) is 5.44. The van der Waals surface area contributed by atoms with Gasteiger partial charge in [-0.2, -0.15) is 0 Å². The first-order valence-corrected chi connectivity index (χ1v) is 6.38. The summed E-state index contributed by atoms with van der Waals surface area (Å²) < 4.78 is 0. The molecule has 1 aliphatic carbocycles. The van der Waals surface area contributed by atoms with E-state index in [2.05, 4.69) is 9.80 Å². The summed E-state index contributed by atoms with van der Waals surface area (Å²) >= 11 is 0. The van der Waals surface area contributed by atoms with Gasteiger partial charge in [-0.1, -0.05) is 6.42 Å². The largest absolute Gasteiger partial charge is 0.300 e. The van der Waals surface area contributed by atoms with E-state index in [0.29, 0.717) is 0 Å². The van der Waals surface area contributed by atoms with Gasteiger partial charge < -0.3 is 4.90 Å². The average Bonchev–Trinajstić information content (AvgIpc) is 2.58. The van der Waals surface area contributed by atoms with E-state index in [1.807, 2.05) is 0 Å². The minimum absolute atomic E-state index is 0.920. The Bertz CT molecular complexity index is 200. The van der Waals surface area contributed by atoms with Crippen molar-refractivity contribution in [3.8, 4) is 0 Å². The van der Waals surface area contributed by atoms with Crippen molar-refractivity contribution in [3.05, 3.63) is 0 Å². The normalized spacial score (nSPS) is 35.6.